The maximum atomic E-state index is 12.3. The molecular formula is C19H16ClN3O3. The van der Waals surface area contributed by atoms with Crippen molar-refractivity contribution in [2.75, 3.05) is 12.4 Å². The molecule has 132 valence electrons. The maximum Gasteiger partial charge on any atom is 0.273 e. The fourth-order valence-corrected chi connectivity index (χ4v) is 2.71. The summed E-state index contributed by atoms with van der Waals surface area (Å²) in [4.78, 5) is 28.2. The number of halogens is 1. The second-order valence-electron chi connectivity index (χ2n) is 5.54. The number of carbonyl (C=O) groups excluding carboxylic acids is 1. The predicted molar refractivity (Wildman–Crippen MR) is 101 cm³/mol. The maximum absolute atomic E-state index is 12.3. The molecule has 0 spiro atoms. The summed E-state index contributed by atoms with van der Waals surface area (Å²) in [6.07, 6.45) is 1.64. The van der Waals surface area contributed by atoms with Crippen molar-refractivity contribution in [1.29, 1.82) is 0 Å². The number of methoxy groups -OCH3 is 1. The van der Waals surface area contributed by atoms with Gasteiger partial charge in [-0.2, -0.15) is 0 Å². The molecule has 0 aliphatic rings. The first-order chi connectivity index (χ1) is 12.5. The highest BCUT2D eigenvalue weighted by Crippen LogP contribution is 2.30. The van der Waals surface area contributed by atoms with Gasteiger partial charge in [-0.3, -0.25) is 9.59 Å². The van der Waals surface area contributed by atoms with Gasteiger partial charge in [-0.1, -0.05) is 23.7 Å². The highest BCUT2D eigenvalue weighted by Gasteiger charge is 2.11. The van der Waals surface area contributed by atoms with Gasteiger partial charge in [0.25, 0.3) is 11.5 Å². The number of nitrogens with zero attached hydrogens (tertiary/aromatic N) is 2. The number of benzene rings is 1. The molecule has 0 fully saturated rings. The highest BCUT2D eigenvalue weighted by molar-refractivity contribution is 6.32. The molecular weight excluding hydrogens is 354 g/mol. The number of nitrogens with one attached hydrogen (secondary N) is 1. The summed E-state index contributed by atoms with van der Waals surface area (Å²) in [6.45, 7) is 0. The first kappa shape index (κ1) is 17.7. The zero-order valence-electron chi connectivity index (χ0n) is 14.2. The van der Waals surface area contributed by atoms with Gasteiger partial charge in [0.15, 0.2) is 0 Å². The zero-order valence-corrected chi connectivity index (χ0v) is 14.9. The third kappa shape index (κ3) is 3.60. The molecule has 3 rings (SSSR count). The number of anilines is 1. The van der Waals surface area contributed by atoms with Crippen LogP contribution in [0.4, 0.5) is 5.82 Å². The van der Waals surface area contributed by atoms with E-state index in [4.69, 9.17) is 16.3 Å². The van der Waals surface area contributed by atoms with Crippen molar-refractivity contribution in [3.05, 3.63) is 75.8 Å². The van der Waals surface area contributed by atoms with Gasteiger partial charge in [0.2, 0.25) is 0 Å². The van der Waals surface area contributed by atoms with E-state index in [1.54, 1.807) is 50.7 Å². The van der Waals surface area contributed by atoms with Crippen molar-refractivity contribution >= 4 is 23.3 Å². The van der Waals surface area contributed by atoms with Gasteiger partial charge in [0.05, 0.1) is 12.1 Å². The Kier molecular flexibility index (Phi) is 5.04. The van der Waals surface area contributed by atoms with Crippen LogP contribution in [0.25, 0.3) is 11.1 Å². The molecule has 0 unspecified atom stereocenters. The van der Waals surface area contributed by atoms with Crippen LogP contribution < -0.4 is 15.6 Å². The van der Waals surface area contributed by atoms with E-state index < -0.39 is 5.91 Å². The molecule has 0 aliphatic carbocycles. The number of hydrogen-bond acceptors (Lipinski definition) is 4. The minimum atomic E-state index is -0.405. The first-order valence-corrected chi connectivity index (χ1v) is 8.15. The van der Waals surface area contributed by atoms with Crippen molar-refractivity contribution in [2.24, 2.45) is 7.05 Å². The van der Waals surface area contributed by atoms with E-state index in [1.807, 2.05) is 12.1 Å². The lowest BCUT2D eigenvalue weighted by molar-refractivity contribution is 0.101. The molecule has 0 bridgehead atoms. The Morgan fingerprint density at radius 3 is 2.58 bits per heavy atom. The van der Waals surface area contributed by atoms with Crippen molar-refractivity contribution < 1.29 is 9.53 Å². The lowest BCUT2D eigenvalue weighted by atomic mass is 10.1. The summed E-state index contributed by atoms with van der Waals surface area (Å²) in [5.41, 5.74) is 1.73. The third-order valence-corrected chi connectivity index (χ3v) is 4.20. The fourth-order valence-electron chi connectivity index (χ4n) is 2.46. The molecule has 26 heavy (non-hydrogen) atoms. The summed E-state index contributed by atoms with van der Waals surface area (Å²) < 4.78 is 6.42. The molecule has 6 nitrogen and oxygen atoms in total. The molecule has 2 heterocycles. The van der Waals surface area contributed by atoms with E-state index in [0.717, 1.165) is 11.1 Å². The van der Waals surface area contributed by atoms with Crippen LogP contribution in [0.2, 0.25) is 5.02 Å². The van der Waals surface area contributed by atoms with Gasteiger partial charge in [-0.05, 0) is 35.9 Å². The molecule has 1 amide bonds. The highest BCUT2D eigenvalue weighted by atomic mass is 35.5. The molecule has 0 radical (unpaired) electrons. The van der Waals surface area contributed by atoms with Crippen LogP contribution in [0.15, 0.2) is 59.5 Å². The van der Waals surface area contributed by atoms with Crippen LogP contribution in [-0.4, -0.2) is 22.6 Å². The van der Waals surface area contributed by atoms with E-state index in [2.05, 4.69) is 10.3 Å². The van der Waals surface area contributed by atoms with E-state index in [-0.39, 0.29) is 11.3 Å². The summed E-state index contributed by atoms with van der Waals surface area (Å²) in [5, 5.41) is 3.19. The smallest absolute Gasteiger partial charge is 0.273 e. The Morgan fingerprint density at radius 1 is 1.15 bits per heavy atom. The van der Waals surface area contributed by atoms with Crippen molar-refractivity contribution in [2.45, 2.75) is 0 Å². The summed E-state index contributed by atoms with van der Waals surface area (Å²) in [6, 6.07) is 13.5. The van der Waals surface area contributed by atoms with Gasteiger partial charge in [-0.25, -0.2) is 4.98 Å². The molecule has 3 aromatic rings. The Hall–Kier alpha value is -3.12. The fraction of sp³-hybridized carbons (Fsp3) is 0.105. The van der Waals surface area contributed by atoms with Crippen LogP contribution in [0.1, 0.15) is 10.5 Å². The zero-order chi connectivity index (χ0) is 18.7. The van der Waals surface area contributed by atoms with Crippen molar-refractivity contribution in [1.82, 2.24) is 9.55 Å². The number of pyridine rings is 2. The lowest BCUT2D eigenvalue weighted by Crippen LogP contribution is -2.25. The largest absolute Gasteiger partial charge is 0.495 e. The summed E-state index contributed by atoms with van der Waals surface area (Å²) >= 11 is 6.14. The molecule has 7 heteroatoms. The van der Waals surface area contributed by atoms with E-state index in [0.29, 0.717) is 16.6 Å². The molecule has 0 atom stereocenters. The van der Waals surface area contributed by atoms with Gasteiger partial charge in [0, 0.05) is 24.9 Å². The van der Waals surface area contributed by atoms with Crippen LogP contribution in [-0.2, 0) is 7.05 Å². The molecule has 1 aromatic carbocycles. The van der Waals surface area contributed by atoms with Crippen molar-refractivity contribution in [3.63, 3.8) is 0 Å². The summed E-state index contributed by atoms with van der Waals surface area (Å²) in [7, 11) is 3.10. The van der Waals surface area contributed by atoms with E-state index in [1.165, 1.54) is 10.6 Å². The van der Waals surface area contributed by atoms with Crippen LogP contribution in [0.3, 0.4) is 0 Å². The second kappa shape index (κ2) is 7.41. The molecule has 0 saturated carbocycles. The van der Waals surface area contributed by atoms with Gasteiger partial charge in [-0.15, -0.1) is 0 Å². The Bertz CT molecular complexity index is 1010. The number of hydrogen-bond donors (Lipinski definition) is 1. The number of carbonyl (C=O) groups is 1. The van der Waals surface area contributed by atoms with Crippen LogP contribution >= 0.6 is 11.6 Å². The average Bonchev–Trinajstić information content (AvgIpc) is 2.64. The van der Waals surface area contributed by atoms with Gasteiger partial charge in [0.1, 0.15) is 17.3 Å². The van der Waals surface area contributed by atoms with E-state index >= 15 is 0 Å². The normalized spacial score (nSPS) is 10.4. The van der Waals surface area contributed by atoms with Gasteiger partial charge >= 0.3 is 0 Å². The Morgan fingerprint density at radius 2 is 1.92 bits per heavy atom. The number of ether oxygens (including phenoxy) is 1. The Balaban J connectivity index is 1.79. The molecule has 0 saturated heterocycles. The minimum absolute atomic E-state index is 0.252. The number of amides is 1. The van der Waals surface area contributed by atoms with Gasteiger partial charge < -0.3 is 14.6 Å². The van der Waals surface area contributed by atoms with Crippen molar-refractivity contribution in [3.8, 4) is 16.9 Å². The lowest BCUT2D eigenvalue weighted by Gasteiger charge is -2.09. The molecule has 0 aliphatic heterocycles. The Labute approximate surface area is 155 Å². The summed E-state index contributed by atoms with van der Waals surface area (Å²) in [5.74, 6) is 0.577. The minimum Gasteiger partial charge on any atom is -0.495 e. The molecule has 2 aromatic heterocycles. The van der Waals surface area contributed by atoms with Crippen LogP contribution in [0.5, 0.6) is 5.75 Å². The average molecular weight is 370 g/mol. The standard InChI is InChI=1S/C19H16ClN3O3/c1-23-15(4-3-5-18(23)24)19(25)22-17-9-7-13(11-21-17)12-6-8-16(26-2)14(20)10-12/h3-11H,1-2H3,(H,21,22,25). The first-order valence-electron chi connectivity index (χ1n) is 7.77. The molecule has 1 N–H and O–H groups in total. The SMILES string of the molecule is COc1ccc(-c2ccc(NC(=O)c3cccc(=O)n3C)nc2)cc1Cl. The number of aromatic nitrogens is 2. The topological polar surface area (TPSA) is 73.2 Å². The quantitative estimate of drug-likeness (QED) is 0.765. The number of rotatable bonds is 4. The van der Waals surface area contributed by atoms with E-state index in [9.17, 15) is 9.59 Å². The monoisotopic (exact) mass is 369 g/mol. The van der Waals surface area contributed by atoms with Crippen LogP contribution in [0, 0.1) is 0 Å². The third-order valence-electron chi connectivity index (χ3n) is 3.91. The predicted octanol–water partition coefficient (Wildman–Crippen LogP) is 3.36. The second-order valence-corrected chi connectivity index (χ2v) is 5.95.